The second-order valence-electron chi connectivity index (χ2n) is 11.1. The van der Waals surface area contributed by atoms with Crippen LogP contribution in [-0.4, -0.2) is 17.0 Å². The monoisotopic (exact) mass is 482 g/mol. The van der Waals surface area contributed by atoms with Gasteiger partial charge in [0.2, 0.25) is 0 Å². The number of benzene rings is 3. The van der Waals surface area contributed by atoms with E-state index in [0.717, 1.165) is 23.4 Å². The Balaban J connectivity index is 1.26. The lowest BCUT2D eigenvalue weighted by Crippen LogP contribution is -2.38. The van der Waals surface area contributed by atoms with Gasteiger partial charge in [-0.2, -0.15) is 0 Å². The van der Waals surface area contributed by atoms with Crippen LogP contribution in [0.2, 0.25) is 0 Å². The summed E-state index contributed by atoms with van der Waals surface area (Å²) in [6, 6.07) is 22.2. The number of amides is 1. The van der Waals surface area contributed by atoms with Crippen molar-refractivity contribution in [1.29, 1.82) is 0 Å². The fraction of sp³-hybridized carbons (Fsp3) is 0.355. The normalized spacial score (nSPS) is 25.1. The third-order valence-electron chi connectivity index (χ3n) is 8.02. The van der Waals surface area contributed by atoms with Gasteiger partial charge in [0.1, 0.15) is 0 Å². The molecule has 5 rings (SSSR count). The highest BCUT2D eigenvalue weighted by atomic mass is 16.4. The predicted molar refractivity (Wildman–Crippen MR) is 144 cm³/mol. The zero-order valence-corrected chi connectivity index (χ0v) is 21.0. The maximum absolute atomic E-state index is 13.0. The largest absolute Gasteiger partial charge is 0.478 e. The van der Waals surface area contributed by atoms with Crippen molar-refractivity contribution in [2.24, 2.45) is 17.8 Å². The Morgan fingerprint density at radius 2 is 1.56 bits per heavy atom. The number of hydrogen-bond acceptors (Lipinski definition) is 3. The second kappa shape index (κ2) is 9.81. The van der Waals surface area contributed by atoms with Crippen molar-refractivity contribution in [3.8, 4) is 0 Å². The number of hydrogen-bond donors (Lipinski definition) is 3. The molecular weight excluding hydrogens is 448 g/mol. The van der Waals surface area contributed by atoms with Crippen LogP contribution in [-0.2, 0) is 5.41 Å². The molecule has 2 fully saturated rings. The molecule has 0 spiro atoms. The van der Waals surface area contributed by atoms with Crippen LogP contribution in [0.15, 0.2) is 72.8 Å². The first-order valence-corrected chi connectivity index (χ1v) is 12.9. The summed E-state index contributed by atoms with van der Waals surface area (Å²) >= 11 is 0. The predicted octanol–water partition coefficient (Wildman–Crippen LogP) is 7.48. The van der Waals surface area contributed by atoms with Gasteiger partial charge in [0, 0.05) is 16.9 Å². The van der Waals surface area contributed by atoms with E-state index < -0.39 is 5.97 Å². The van der Waals surface area contributed by atoms with E-state index in [-0.39, 0.29) is 16.9 Å². The van der Waals surface area contributed by atoms with Crippen molar-refractivity contribution in [3.63, 3.8) is 0 Å². The summed E-state index contributed by atoms with van der Waals surface area (Å²) in [4.78, 5) is 24.5. The Bertz CT molecular complexity index is 1250. The first-order valence-electron chi connectivity index (χ1n) is 12.9. The van der Waals surface area contributed by atoms with E-state index in [9.17, 15) is 14.7 Å². The Morgan fingerprint density at radius 3 is 2.25 bits per heavy atom. The van der Waals surface area contributed by atoms with Crippen molar-refractivity contribution in [1.82, 2.24) is 0 Å². The Hall–Kier alpha value is -3.60. The molecule has 2 aliphatic rings. The molecule has 5 heteroatoms. The van der Waals surface area contributed by atoms with E-state index in [1.807, 2.05) is 18.2 Å². The minimum absolute atomic E-state index is 0.178. The fourth-order valence-electron chi connectivity index (χ4n) is 6.66. The standard InChI is InChI=1S/C31H34N2O3/c1-20-14-21-16-22(15-20)19-31(2,18-21)24-10-12-25(13-11-24)33-29(34)23-6-5-7-26(17-23)32-28-9-4-3-8-27(28)30(35)36/h3-13,17,20-22,32H,14-16,18-19H2,1-2H3,(H,33,34)(H,35,36). The number of carbonyl (C=O) groups excluding carboxylic acids is 1. The van der Waals surface area contributed by atoms with Gasteiger partial charge in [-0.3, -0.25) is 4.79 Å². The molecule has 1 amide bonds. The van der Waals surface area contributed by atoms with Crippen LogP contribution in [0, 0.1) is 17.8 Å². The van der Waals surface area contributed by atoms with Crippen LogP contribution >= 0.6 is 0 Å². The summed E-state index contributed by atoms with van der Waals surface area (Å²) in [5.74, 6) is 1.32. The van der Waals surface area contributed by atoms with Crippen molar-refractivity contribution < 1.29 is 14.7 Å². The number of aromatic carboxylic acids is 1. The van der Waals surface area contributed by atoms with Gasteiger partial charge in [-0.05, 0) is 103 Å². The topological polar surface area (TPSA) is 78.4 Å². The van der Waals surface area contributed by atoms with Crippen LogP contribution < -0.4 is 10.6 Å². The molecule has 2 saturated carbocycles. The molecule has 186 valence electrons. The van der Waals surface area contributed by atoms with Crippen LogP contribution in [0.25, 0.3) is 0 Å². The summed E-state index contributed by atoms with van der Waals surface area (Å²) < 4.78 is 0. The second-order valence-corrected chi connectivity index (χ2v) is 11.1. The average molecular weight is 483 g/mol. The van der Waals surface area contributed by atoms with Crippen LogP contribution in [0.1, 0.15) is 72.2 Å². The molecule has 0 radical (unpaired) electrons. The van der Waals surface area contributed by atoms with E-state index in [2.05, 4.69) is 36.6 Å². The lowest BCUT2D eigenvalue weighted by atomic mass is 9.57. The maximum Gasteiger partial charge on any atom is 0.337 e. The lowest BCUT2D eigenvalue weighted by Gasteiger charge is -2.47. The zero-order valence-electron chi connectivity index (χ0n) is 21.0. The van der Waals surface area contributed by atoms with E-state index in [1.54, 1.807) is 42.5 Å². The average Bonchev–Trinajstić information content (AvgIpc) is 2.84. The summed E-state index contributed by atoms with van der Waals surface area (Å²) in [6.45, 7) is 4.82. The molecule has 0 aromatic heterocycles. The molecule has 5 nitrogen and oxygen atoms in total. The third kappa shape index (κ3) is 5.15. The number of fused-ring (bicyclic) bond motifs is 2. The van der Waals surface area contributed by atoms with Crippen LogP contribution in [0.5, 0.6) is 0 Å². The highest BCUT2D eigenvalue weighted by Gasteiger charge is 2.41. The number of rotatable bonds is 6. The maximum atomic E-state index is 13.0. The van der Waals surface area contributed by atoms with Gasteiger partial charge >= 0.3 is 5.97 Å². The molecule has 0 saturated heterocycles. The first-order chi connectivity index (χ1) is 17.3. The summed E-state index contributed by atoms with van der Waals surface area (Å²) in [6.07, 6.45) is 6.62. The number of carboxylic acid groups (broad SMARTS) is 1. The van der Waals surface area contributed by atoms with Gasteiger partial charge in [-0.15, -0.1) is 0 Å². The Kier molecular flexibility index (Phi) is 6.57. The quantitative estimate of drug-likeness (QED) is 0.340. The Morgan fingerprint density at radius 1 is 0.861 bits per heavy atom. The molecule has 0 heterocycles. The third-order valence-corrected chi connectivity index (χ3v) is 8.02. The minimum Gasteiger partial charge on any atom is -0.478 e. The molecule has 3 N–H and O–H groups in total. The summed E-state index contributed by atoms with van der Waals surface area (Å²) in [7, 11) is 0. The van der Waals surface area contributed by atoms with Gasteiger partial charge in [0.25, 0.3) is 5.91 Å². The highest BCUT2D eigenvalue weighted by molar-refractivity contribution is 6.05. The summed E-state index contributed by atoms with van der Waals surface area (Å²) in [5.41, 5.74) is 4.15. The number of para-hydroxylation sites is 1. The Labute approximate surface area is 212 Å². The molecule has 2 unspecified atom stereocenters. The van der Waals surface area contributed by atoms with E-state index in [4.69, 9.17) is 0 Å². The highest BCUT2D eigenvalue weighted by Crippen LogP contribution is 2.51. The SMILES string of the molecule is CC1CC2CC(C1)CC(C)(c1ccc(NC(=O)c3cccc(Nc4ccccc4C(=O)O)c3)cc1)C2. The van der Waals surface area contributed by atoms with Gasteiger partial charge < -0.3 is 15.7 Å². The molecule has 2 bridgehead atoms. The number of carboxylic acids is 1. The molecule has 2 aliphatic carbocycles. The van der Waals surface area contributed by atoms with Crippen molar-refractivity contribution in [2.75, 3.05) is 10.6 Å². The first kappa shape index (κ1) is 24.1. The lowest BCUT2D eigenvalue weighted by molar-refractivity contribution is 0.0697. The molecule has 3 aromatic rings. The molecule has 36 heavy (non-hydrogen) atoms. The van der Waals surface area contributed by atoms with Crippen LogP contribution in [0.4, 0.5) is 17.1 Å². The van der Waals surface area contributed by atoms with Gasteiger partial charge in [-0.25, -0.2) is 4.79 Å². The van der Waals surface area contributed by atoms with Crippen molar-refractivity contribution in [3.05, 3.63) is 89.5 Å². The number of nitrogens with one attached hydrogen (secondary N) is 2. The van der Waals surface area contributed by atoms with Crippen molar-refractivity contribution in [2.45, 2.75) is 51.4 Å². The molecule has 0 aliphatic heterocycles. The van der Waals surface area contributed by atoms with E-state index in [1.165, 1.54) is 37.7 Å². The number of carbonyl (C=O) groups is 2. The number of anilines is 3. The van der Waals surface area contributed by atoms with E-state index >= 15 is 0 Å². The summed E-state index contributed by atoms with van der Waals surface area (Å²) in [5, 5.41) is 15.5. The van der Waals surface area contributed by atoms with Crippen molar-refractivity contribution >= 4 is 28.9 Å². The molecule has 3 aromatic carbocycles. The molecule has 2 atom stereocenters. The zero-order chi connectivity index (χ0) is 25.3. The minimum atomic E-state index is -1.00. The van der Waals surface area contributed by atoms with Crippen LogP contribution in [0.3, 0.4) is 0 Å². The molecular formula is C31H34N2O3. The van der Waals surface area contributed by atoms with Gasteiger partial charge in [0.15, 0.2) is 0 Å². The van der Waals surface area contributed by atoms with E-state index in [0.29, 0.717) is 16.9 Å². The van der Waals surface area contributed by atoms with Gasteiger partial charge in [0.05, 0.1) is 11.3 Å². The fourth-order valence-corrected chi connectivity index (χ4v) is 6.66. The van der Waals surface area contributed by atoms with Gasteiger partial charge in [-0.1, -0.05) is 44.2 Å². The smallest absolute Gasteiger partial charge is 0.337 e.